The molecular formula is C22H26Cl2N4O6. The van der Waals surface area contributed by atoms with Gasteiger partial charge in [0.05, 0.1) is 46.7 Å². The lowest BCUT2D eigenvalue weighted by Gasteiger charge is -2.26. The molecule has 0 spiro atoms. The summed E-state index contributed by atoms with van der Waals surface area (Å²) in [5, 5.41) is 29.0. The average Bonchev–Trinajstić information content (AvgIpc) is 2.81. The van der Waals surface area contributed by atoms with Gasteiger partial charge >= 0.3 is 5.97 Å². The maximum Gasteiger partial charge on any atom is 0.305 e. The third-order valence-electron chi connectivity index (χ3n) is 4.86. The Labute approximate surface area is 207 Å². The molecule has 0 fully saturated rings. The predicted octanol–water partition coefficient (Wildman–Crippen LogP) is 5.99. The van der Waals surface area contributed by atoms with Crippen molar-refractivity contribution < 1.29 is 24.3 Å². The fourth-order valence-electron chi connectivity index (χ4n) is 3.18. The van der Waals surface area contributed by atoms with E-state index < -0.39 is 4.92 Å². The van der Waals surface area contributed by atoms with Crippen LogP contribution in [0.1, 0.15) is 32.3 Å². The summed E-state index contributed by atoms with van der Waals surface area (Å²) >= 11 is 12.2. The van der Waals surface area contributed by atoms with Crippen LogP contribution >= 0.6 is 23.2 Å². The van der Waals surface area contributed by atoms with Gasteiger partial charge in [0.2, 0.25) is 0 Å². The molecule has 0 aliphatic carbocycles. The number of nitro groups is 1. The van der Waals surface area contributed by atoms with Crippen molar-refractivity contribution in [1.82, 2.24) is 0 Å². The third-order valence-corrected chi connectivity index (χ3v) is 5.43. The van der Waals surface area contributed by atoms with Crippen molar-refractivity contribution in [1.29, 1.82) is 0 Å². The number of benzene rings is 2. The number of aliphatic hydroxyl groups is 1. The minimum Gasteiger partial charge on any atom is -0.495 e. The Balaban J connectivity index is 2.34. The van der Waals surface area contributed by atoms with Crippen LogP contribution in [0.4, 0.5) is 22.7 Å². The highest BCUT2D eigenvalue weighted by Gasteiger charge is 2.17. The molecule has 0 aromatic heterocycles. The number of non-ortho nitro benzene ring substituents is 1. The summed E-state index contributed by atoms with van der Waals surface area (Å²) in [6, 6.07) is 5.62. The first-order valence-corrected chi connectivity index (χ1v) is 11.3. The van der Waals surface area contributed by atoms with Gasteiger partial charge in [0.15, 0.2) is 0 Å². The number of aliphatic hydroxyl groups excluding tert-OH is 1. The molecule has 2 aromatic rings. The van der Waals surface area contributed by atoms with Crippen LogP contribution in [-0.2, 0) is 16.1 Å². The molecule has 0 heterocycles. The largest absolute Gasteiger partial charge is 0.495 e. The minimum atomic E-state index is -0.613. The van der Waals surface area contributed by atoms with Crippen LogP contribution in [0.15, 0.2) is 34.5 Å². The number of esters is 1. The number of nitrogens with zero attached hydrogens (tertiary/aromatic N) is 4. The van der Waals surface area contributed by atoms with Gasteiger partial charge in [0.1, 0.15) is 11.4 Å². The van der Waals surface area contributed by atoms with Crippen molar-refractivity contribution in [2.45, 2.75) is 33.3 Å². The van der Waals surface area contributed by atoms with Crippen molar-refractivity contribution in [3.8, 4) is 5.75 Å². The first kappa shape index (κ1) is 27.3. The van der Waals surface area contributed by atoms with Gasteiger partial charge < -0.3 is 19.5 Å². The number of hydrogen-bond acceptors (Lipinski definition) is 9. The molecule has 0 saturated heterocycles. The van der Waals surface area contributed by atoms with Crippen LogP contribution in [-0.4, -0.2) is 42.8 Å². The highest BCUT2D eigenvalue weighted by Crippen LogP contribution is 2.40. The molecule has 0 radical (unpaired) electrons. The Hall–Kier alpha value is -2.95. The number of hydrogen-bond donors (Lipinski definition) is 1. The van der Waals surface area contributed by atoms with Crippen molar-refractivity contribution in [2.75, 3.05) is 31.7 Å². The number of nitro benzene ring substituents is 1. The number of ether oxygens (including phenoxy) is 2. The standard InChI is InChI=1S/C22H26Cl2N4O6/c1-4-27(8-6-7-21(30)34-5-2)19-9-14(13-29)18(12-20(19)33-3)25-26-22-16(23)10-15(28(31)32)11-17(22)24/h9-12,29H,4-8,13H2,1-3H3. The zero-order valence-corrected chi connectivity index (χ0v) is 20.6. The van der Waals surface area contributed by atoms with Crippen molar-refractivity contribution in [3.63, 3.8) is 0 Å². The van der Waals surface area contributed by atoms with Crippen LogP contribution in [0, 0.1) is 10.1 Å². The Bertz CT molecular complexity index is 1040. The summed E-state index contributed by atoms with van der Waals surface area (Å²) in [5.74, 6) is 0.242. The van der Waals surface area contributed by atoms with E-state index in [1.807, 2.05) is 11.8 Å². The fourth-order valence-corrected chi connectivity index (χ4v) is 3.74. The van der Waals surface area contributed by atoms with Crippen LogP contribution in [0.3, 0.4) is 0 Å². The number of methoxy groups -OCH3 is 1. The van der Waals surface area contributed by atoms with E-state index in [1.165, 1.54) is 7.11 Å². The lowest BCUT2D eigenvalue weighted by atomic mass is 10.1. The number of halogens is 2. The first-order chi connectivity index (χ1) is 16.2. The zero-order chi connectivity index (χ0) is 25.3. The Morgan fingerprint density at radius 2 is 1.85 bits per heavy atom. The molecule has 0 unspecified atom stereocenters. The van der Waals surface area contributed by atoms with Crippen LogP contribution in [0.2, 0.25) is 10.0 Å². The Morgan fingerprint density at radius 3 is 2.38 bits per heavy atom. The van der Waals surface area contributed by atoms with E-state index in [9.17, 15) is 20.0 Å². The lowest BCUT2D eigenvalue weighted by Crippen LogP contribution is -2.25. The smallest absolute Gasteiger partial charge is 0.305 e. The van der Waals surface area contributed by atoms with Crippen LogP contribution in [0.25, 0.3) is 0 Å². The van der Waals surface area contributed by atoms with E-state index in [4.69, 9.17) is 32.7 Å². The molecular weight excluding hydrogens is 487 g/mol. The van der Waals surface area contributed by atoms with E-state index in [1.54, 1.807) is 19.1 Å². The van der Waals surface area contributed by atoms with E-state index in [0.29, 0.717) is 49.5 Å². The van der Waals surface area contributed by atoms with Gasteiger partial charge in [-0.15, -0.1) is 10.2 Å². The number of rotatable bonds is 12. The van der Waals surface area contributed by atoms with Gasteiger partial charge in [0.25, 0.3) is 5.69 Å². The third kappa shape index (κ3) is 7.02. The second-order valence-corrected chi connectivity index (χ2v) is 7.83. The zero-order valence-electron chi connectivity index (χ0n) is 19.1. The van der Waals surface area contributed by atoms with Crippen molar-refractivity contribution >= 4 is 51.9 Å². The van der Waals surface area contributed by atoms with Gasteiger partial charge in [-0.3, -0.25) is 14.9 Å². The summed E-state index contributed by atoms with van der Waals surface area (Å²) in [6.45, 7) is 4.96. The fraction of sp³-hybridized carbons (Fsp3) is 0.409. The van der Waals surface area contributed by atoms with E-state index in [0.717, 1.165) is 17.8 Å². The normalized spacial score (nSPS) is 11.0. The van der Waals surface area contributed by atoms with Crippen LogP contribution in [0.5, 0.6) is 5.75 Å². The average molecular weight is 513 g/mol. The second-order valence-electron chi connectivity index (χ2n) is 7.01. The molecule has 2 aromatic carbocycles. The lowest BCUT2D eigenvalue weighted by molar-refractivity contribution is -0.384. The quantitative estimate of drug-likeness (QED) is 0.160. The number of carbonyl (C=O) groups excluding carboxylic acids is 1. The van der Waals surface area contributed by atoms with E-state index >= 15 is 0 Å². The van der Waals surface area contributed by atoms with Gasteiger partial charge in [-0.1, -0.05) is 23.2 Å². The van der Waals surface area contributed by atoms with E-state index in [-0.39, 0.29) is 34.0 Å². The molecule has 1 N–H and O–H groups in total. The molecule has 34 heavy (non-hydrogen) atoms. The monoisotopic (exact) mass is 512 g/mol. The van der Waals surface area contributed by atoms with E-state index in [2.05, 4.69) is 10.2 Å². The van der Waals surface area contributed by atoms with Gasteiger partial charge in [-0.05, 0) is 26.3 Å². The number of anilines is 1. The highest BCUT2D eigenvalue weighted by atomic mass is 35.5. The van der Waals surface area contributed by atoms with Crippen LogP contribution < -0.4 is 9.64 Å². The molecule has 0 aliphatic rings. The first-order valence-electron chi connectivity index (χ1n) is 10.5. The Kier molecular flexibility index (Phi) is 10.5. The molecule has 2 rings (SSSR count). The summed E-state index contributed by atoms with van der Waals surface area (Å²) in [5.41, 5.74) is 1.31. The van der Waals surface area contributed by atoms with Crippen molar-refractivity contribution in [3.05, 3.63) is 50.0 Å². The number of carbonyl (C=O) groups is 1. The summed E-state index contributed by atoms with van der Waals surface area (Å²) in [6.07, 6.45) is 0.880. The van der Waals surface area contributed by atoms with Gasteiger partial charge in [-0.2, -0.15) is 0 Å². The summed E-state index contributed by atoms with van der Waals surface area (Å²) in [4.78, 5) is 24.0. The number of azo groups is 1. The highest BCUT2D eigenvalue weighted by molar-refractivity contribution is 6.39. The topological polar surface area (TPSA) is 127 Å². The van der Waals surface area contributed by atoms with Gasteiger partial charge in [-0.25, -0.2) is 0 Å². The van der Waals surface area contributed by atoms with Crippen molar-refractivity contribution in [2.24, 2.45) is 10.2 Å². The summed E-state index contributed by atoms with van der Waals surface area (Å²) in [7, 11) is 1.51. The minimum absolute atomic E-state index is 0.0316. The molecule has 12 heteroatoms. The van der Waals surface area contributed by atoms with Gasteiger partial charge in [0, 0.05) is 43.3 Å². The summed E-state index contributed by atoms with van der Waals surface area (Å²) < 4.78 is 10.5. The Morgan fingerprint density at radius 1 is 1.18 bits per heavy atom. The molecule has 10 nitrogen and oxygen atoms in total. The predicted molar refractivity (Wildman–Crippen MR) is 130 cm³/mol. The SMILES string of the molecule is CCOC(=O)CCCN(CC)c1cc(CO)c(N=Nc2c(Cl)cc([N+](=O)[O-])cc2Cl)cc1OC. The molecule has 0 saturated carbocycles. The maximum absolute atomic E-state index is 11.6. The maximum atomic E-state index is 11.6. The molecule has 184 valence electrons. The molecule has 0 bridgehead atoms. The molecule has 0 aliphatic heterocycles. The molecule has 0 atom stereocenters. The molecule has 0 amide bonds. The second kappa shape index (κ2) is 13.1.